The number of nitrogens with zero attached hydrogens (tertiary/aromatic N) is 1. The molecule has 0 aromatic heterocycles. The van der Waals surface area contributed by atoms with E-state index < -0.39 is 10.2 Å². The molecule has 0 radical (unpaired) electrons. The van der Waals surface area contributed by atoms with Crippen molar-refractivity contribution < 1.29 is 13.2 Å². The number of nitrogens with one attached hydrogen (secondary N) is 1. The van der Waals surface area contributed by atoms with Crippen molar-refractivity contribution in [3.05, 3.63) is 0 Å². The molecule has 0 amide bonds. The van der Waals surface area contributed by atoms with Crippen LogP contribution in [0.5, 0.6) is 0 Å². The Hall–Kier alpha value is 0.120. The molecule has 1 aliphatic rings. The zero-order chi connectivity index (χ0) is 13.4. The van der Waals surface area contributed by atoms with E-state index in [0.29, 0.717) is 38.6 Å². The topological polar surface area (TPSA) is 58.6 Å². The molecule has 1 atom stereocenters. The van der Waals surface area contributed by atoms with E-state index in [4.69, 9.17) is 16.3 Å². The lowest BCUT2D eigenvalue weighted by Gasteiger charge is -2.32. The van der Waals surface area contributed by atoms with Crippen LogP contribution in [-0.2, 0) is 14.9 Å². The molecule has 0 bridgehead atoms. The first kappa shape index (κ1) is 16.2. The minimum atomic E-state index is -3.32. The number of hydrogen-bond donors (Lipinski definition) is 1. The molecule has 1 N–H and O–H groups in total. The summed E-state index contributed by atoms with van der Waals surface area (Å²) < 4.78 is 33.4. The molecule has 5 nitrogen and oxygen atoms in total. The summed E-state index contributed by atoms with van der Waals surface area (Å²) in [5.41, 5.74) is 0. The fraction of sp³-hybridized carbons (Fsp3) is 1.00. The van der Waals surface area contributed by atoms with E-state index in [9.17, 15) is 8.42 Å². The molecule has 1 fully saturated rings. The van der Waals surface area contributed by atoms with Gasteiger partial charge in [-0.15, -0.1) is 11.6 Å². The van der Waals surface area contributed by atoms with E-state index in [0.717, 1.165) is 19.3 Å². The van der Waals surface area contributed by atoms with Gasteiger partial charge in [0.25, 0.3) is 10.2 Å². The Morgan fingerprint density at radius 2 is 2.17 bits per heavy atom. The molecule has 1 saturated heterocycles. The van der Waals surface area contributed by atoms with Crippen molar-refractivity contribution in [3.8, 4) is 0 Å². The van der Waals surface area contributed by atoms with E-state index in [1.807, 2.05) is 6.92 Å². The fourth-order valence-corrected chi connectivity index (χ4v) is 3.67. The summed E-state index contributed by atoms with van der Waals surface area (Å²) in [5.74, 6) is 0.469. The van der Waals surface area contributed by atoms with Crippen LogP contribution in [0.4, 0.5) is 0 Å². The third kappa shape index (κ3) is 5.40. The second-order valence-corrected chi connectivity index (χ2v) is 6.60. The van der Waals surface area contributed by atoms with Crippen LogP contribution in [0.1, 0.15) is 32.6 Å². The molecule has 0 saturated carbocycles. The van der Waals surface area contributed by atoms with E-state index >= 15 is 0 Å². The molecular formula is C11H23ClN2O3S. The Morgan fingerprint density at radius 3 is 2.83 bits per heavy atom. The van der Waals surface area contributed by atoms with Crippen molar-refractivity contribution in [3.63, 3.8) is 0 Å². The highest BCUT2D eigenvalue weighted by atomic mass is 35.5. The summed E-state index contributed by atoms with van der Waals surface area (Å²) in [4.78, 5) is 0. The molecule has 0 aromatic rings. The quantitative estimate of drug-likeness (QED) is 0.543. The van der Waals surface area contributed by atoms with Crippen LogP contribution in [0.2, 0.25) is 0 Å². The van der Waals surface area contributed by atoms with Gasteiger partial charge in [0, 0.05) is 31.6 Å². The molecule has 1 unspecified atom stereocenters. The molecule has 1 rings (SSSR count). The van der Waals surface area contributed by atoms with Gasteiger partial charge in [-0.2, -0.15) is 12.7 Å². The first-order valence-corrected chi connectivity index (χ1v) is 8.45. The number of alkyl halides is 1. The average molecular weight is 299 g/mol. The average Bonchev–Trinajstić information content (AvgIpc) is 2.34. The maximum absolute atomic E-state index is 12.0. The van der Waals surface area contributed by atoms with E-state index in [1.54, 1.807) is 4.31 Å². The van der Waals surface area contributed by atoms with Gasteiger partial charge in [-0.1, -0.05) is 6.42 Å². The summed E-state index contributed by atoms with van der Waals surface area (Å²) in [6.07, 6.45) is 3.67. The predicted octanol–water partition coefficient (Wildman–Crippen LogP) is 1.34. The monoisotopic (exact) mass is 298 g/mol. The van der Waals surface area contributed by atoms with Gasteiger partial charge < -0.3 is 4.74 Å². The molecule has 0 spiro atoms. The van der Waals surface area contributed by atoms with Crippen molar-refractivity contribution in [2.75, 3.05) is 32.2 Å². The standard InChI is InChI=1S/C11H23ClN2O3S/c1-11-5-2-3-8-14(11)18(15,16)13-7-4-9-17-10-6-12/h11,13H,2-10H2,1H3. The molecule has 1 heterocycles. The van der Waals surface area contributed by atoms with Crippen LogP contribution < -0.4 is 4.72 Å². The van der Waals surface area contributed by atoms with Gasteiger partial charge in [0.1, 0.15) is 0 Å². The van der Waals surface area contributed by atoms with Gasteiger partial charge in [0.2, 0.25) is 0 Å². The van der Waals surface area contributed by atoms with E-state index in [-0.39, 0.29) is 6.04 Å². The largest absolute Gasteiger partial charge is 0.380 e. The van der Waals surface area contributed by atoms with Crippen molar-refractivity contribution >= 4 is 21.8 Å². The van der Waals surface area contributed by atoms with Gasteiger partial charge >= 0.3 is 0 Å². The predicted molar refractivity (Wildman–Crippen MR) is 73.1 cm³/mol. The van der Waals surface area contributed by atoms with Crippen LogP contribution in [0, 0.1) is 0 Å². The third-order valence-corrected chi connectivity index (χ3v) is 4.91. The Morgan fingerprint density at radius 1 is 1.39 bits per heavy atom. The minimum absolute atomic E-state index is 0.101. The summed E-state index contributed by atoms with van der Waals surface area (Å²) in [6, 6.07) is 0.101. The van der Waals surface area contributed by atoms with E-state index in [2.05, 4.69) is 4.72 Å². The number of ether oxygens (including phenoxy) is 1. The van der Waals surface area contributed by atoms with Crippen LogP contribution in [-0.4, -0.2) is 50.9 Å². The van der Waals surface area contributed by atoms with Crippen LogP contribution in [0.3, 0.4) is 0 Å². The number of halogens is 1. The van der Waals surface area contributed by atoms with Gasteiger partial charge in [-0.05, 0) is 26.2 Å². The van der Waals surface area contributed by atoms with Crippen molar-refractivity contribution in [2.24, 2.45) is 0 Å². The maximum atomic E-state index is 12.0. The number of hydrogen-bond acceptors (Lipinski definition) is 3. The summed E-state index contributed by atoms with van der Waals surface area (Å²) >= 11 is 5.46. The Balaban J connectivity index is 2.26. The number of piperidine rings is 1. The van der Waals surface area contributed by atoms with Gasteiger partial charge in [0.05, 0.1) is 6.61 Å². The van der Waals surface area contributed by atoms with Crippen molar-refractivity contribution in [1.82, 2.24) is 9.03 Å². The van der Waals surface area contributed by atoms with Crippen molar-refractivity contribution in [1.29, 1.82) is 0 Å². The second-order valence-electron chi connectivity index (χ2n) is 4.51. The van der Waals surface area contributed by atoms with Crippen LogP contribution in [0.15, 0.2) is 0 Å². The minimum Gasteiger partial charge on any atom is -0.380 e. The molecule has 18 heavy (non-hydrogen) atoms. The lowest BCUT2D eigenvalue weighted by atomic mass is 10.1. The molecule has 0 aromatic carbocycles. The van der Waals surface area contributed by atoms with Gasteiger partial charge in [0.15, 0.2) is 0 Å². The summed E-state index contributed by atoms with van der Waals surface area (Å²) in [5, 5.41) is 0. The second kappa shape index (κ2) is 8.32. The molecule has 0 aliphatic carbocycles. The smallest absolute Gasteiger partial charge is 0.279 e. The SMILES string of the molecule is CC1CCCCN1S(=O)(=O)NCCCOCCCl. The van der Waals surface area contributed by atoms with E-state index in [1.165, 1.54) is 0 Å². The zero-order valence-corrected chi connectivity index (χ0v) is 12.5. The van der Waals surface area contributed by atoms with Gasteiger partial charge in [-0.3, -0.25) is 0 Å². The normalized spacial score (nSPS) is 22.2. The lowest BCUT2D eigenvalue weighted by molar-refractivity contribution is 0.147. The highest BCUT2D eigenvalue weighted by Gasteiger charge is 2.28. The first-order chi connectivity index (χ1) is 8.58. The number of rotatable bonds is 8. The fourth-order valence-electron chi connectivity index (χ4n) is 2.04. The Bertz CT molecular complexity index is 324. The molecule has 1 aliphatic heterocycles. The Labute approximate surface area is 115 Å². The van der Waals surface area contributed by atoms with Crippen molar-refractivity contribution in [2.45, 2.75) is 38.6 Å². The summed E-state index contributed by atoms with van der Waals surface area (Å²) in [7, 11) is -3.32. The third-order valence-electron chi connectivity index (χ3n) is 3.02. The zero-order valence-electron chi connectivity index (χ0n) is 10.9. The maximum Gasteiger partial charge on any atom is 0.279 e. The molecule has 7 heteroatoms. The van der Waals surface area contributed by atoms with Crippen LogP contribution >= 0.6 is 11.6 Å². The molecule has 108 valence electrons. The Kier molecular flexibility index (Phi) is 7.48. The van der Waals surface area contributed by atoms with Crippen LogP contribution in [0.25, 0.3) is 0 Å². The highest BCUT2D eigenvalue weighted by Crippen LogP contribution is 2.18. The first-order valence-electron chi connectivity index (χ1n) is 6.48. The lowest BCUT2D eigenvalue weighted by Crippen LogP contribution is -2.48. The molecular weight excluding hydrogens is 276 g/mol. The highest BCUT2D eigenvalue weighted by molar-refractivity contribution is 7.87. The van der Waals surface area contributed by atoms with Gasteiger partial charge in [-0.25, -0.2) is 4.72 Å². The summed E-state index contributed by atoms with van der Waals surface area (Å²) in [6.45, 7) is 4.04.